The minimum atomic E-state index is -0.295. The van der Waals surface area contributed by atoms with Crippen LogP contribution in [0.4, 0.5) is 4.39 Å². The van der Waals surface area contributed by atoms with Crippen LogP contribution in [0.5, 0.6) is 0 Å². The molecule has 3 aromatic heterocycles. The summed E-state index contributed by atoms with van der Waals surface area (Å²) in [5.74, 6) is 0.233. The Morgan fingerprint density at radius 2 is 1.85 bits per heavy atom. The Hall–Kier alpha value is -3.15. The standard InChI is InChI=1S/C20H18FN5/c1-20(2,3)18-12-24-26-17(11-23-19(26)25-18)13-6-7-16(21)15(9-13)14-5-4-8-22-10-14/h4-12H,1-3H3. The summed E-state index contributed by atoms with van der Waals surface area (Å²) in [7, 11) is 0. The topological polar surface area (TPSA) is 56.0 Å². The van der Waals surface area contributed by atoms with E-state index >= 15 is 0 Å². The highest BCUT2D eigenvalue weighted by atomic mass is 19.1. The Labute approximate surface area is 150 Å². The van der Waals surface area contributed by atoms with E-state index in [0.29, 0.717) is 11.3 Å². The van der Waals surface area contributed by atoms with Gasteiger partial charge in [-0.1, -0.05) is 26.8 Å². The third kappa shape index (κ3) is 2.83. The summed E-state index contributed by atoms with van der Waals surface area (Å²) in [6.45, 7) is 6.24. The van der Waals surface area contributed by atoms with Gasteiger partial charge >= 0.3 is 0 Å². The molecule has 0 saturated carbocycles. The maximum atomic E-state index is 14.3. The smallest absolute Gasteiger partial charge is 0.251 e. The Morgan fingerprint density at radius 3 is 2.58 bits per heavy atom. The zero-order valence-corrected chi connectivity index (χ0v) is 14.8. The van der Waals surface area contributed by atoms with Gasteiger partial charge in [0.1, 0.15) is 5.82 Å². The number of aromatic nitrogens is 5. The summed E-state index contributed by atoms with van der Waals surface area (Å²) in [6.07, 6.45) is 6.77. The summed E-state index contributed by atoms with van der Waals surface area (Å²) in [6, 6.07) is 8.58. The van der Waals surface area contributed by atoms with Crippen molar-refractivity contribution in [3.8, 4) is 22.4 Å². The normalized spacial score (nSPS) is 11.8. The van der Waals surface area contributed by atoms with Crippen LogP contribution >= 0.6 is 0 Å². The lowest BCUT2D eigenvalue weighted by Crippen LogP contribution is -2.15. The van der Waals surface area contributed by atoms with Crippen molar-refractivity contribution in [3.63, 3.8) is 0 Å². The molecule has 0 radical (unpaired) electrons. The van der Waals surface area contributed by atoms with Gasteiger partial charge in [0.05, 0.1) is 23.8 Å². The average Bonchev–Trinajstić information content (AvgIpc) is 3.05. The van der Waals surface area contributed by atoms with Gasteiger partial charge in [0.15, 0.2) is 0 Å². The van der Waals surface area contributed by atoms with Crippen LogP contribution in [0.1, 0.15) is 26.5 Å². The first-order valence-electron chi connectivity index (χ1n) is 8.35. The lowest BCUT2D eigenvalue weighted by atomic mass is 9.93. The summed E-state index contributed by atoms with van der Waals surface area (Å²) < 4.78 is 16.0. The van der Waals surface area contributed by atoms with Crippen LogP contribution in [0.25, 0.3) is 28.2 Å². The first-order chi connectivity index (χ1) is 12.4. The highest BCUT2D eigenvalue weighted by Crippen LogP contribution is 2.29. The van der Waals surface area contributed by atoms with E-state index in [4.69, 9.17) is 0 Å². The Balaban J connectivity index is 1.84. The Bertz CT molecular complexity index is 1080. The van der Waals surface area contributed by atoms with E-state index in [-0.39, 0.29) is 11.2 Å². The number of hydrogen-bond donors (Lipinski definition) is 0. The number of rotatable bonds is 2. The van der Waals surface area contributed by atoms with Crippen LogP contribution in [0.2, 0.25) is 0 Å². The minimum absolute atomic E-state index is 0.107. The predicted octanol–water partition coefficient (Wildman–Crippen LogP) is 4.29. The largest absolute Gasteiger partial charge is 0.264 e. The fraction of sp³-hybridized carbons (Fsp3) is 0.200. The van der Waals surface area contributed by atoms with Gasteiger partial charge < -0.3 is 0 Å². The molecule has 0 unspecified atom stereocenters. The summed E-state index contributed by atoms with van der Waals surface area (Å²) in [5, 5.41) is 4.49. The molecule has 0 fully saturated rings. The first-order valence-corrected chi connectivity index (χ1v) is 8.35. The molecular weight excluding hydrogens is 329 g/mol. The van der Waals surface area contributed by atoms with E-state index in [1.165, 1.54) is 6.07 Å². The molecule has 0 aliphatic heterocycles. The van der Waals surface area contributed by atoms with Gasteiger partial charge in [0, 0.05) is 34.5 Å². The van der Waals surface area contributed by atoms with Gasteiger partial charge in [-0.25, -0.2) is 14.4 Å². The van der Waals surface area contributed by atoms with Crippen molar-refractivity contribution < 1.29 is 4.39 Å². The number of fused-ring (bicyclic) bond motifs is 1. The van der Waals surface area contributed by atoms with Gasteiger partial charge in [-0.3, -0.25) is 4.98 Å². The fourth-order valence-electron chi connectivity index (χ4n) is 2.76. The number of hydrogen-bond acceptors (Lipinski definition) is 4. The number of imidazole rings is 1. The SMILES string of the molecule is CC(C)(C)c1cnn2c(-c3ccc(F)c(-c4cccnc4)c3)cnc2n1. The van der Waals surface area contributed by atoms with Crippen molar-refractivity contribution in [3.05, 3.63) is 66.6 Å². The van der Waals surface area contributed by atoms with E-state index in [1.807, 2.05) is 6.07 Å². The quantitative estimate of drug-likeness (QED) is 0.543. The fourth-order valence-corrected chi connectivity index (χ4v) is 2.76. The maximum Gasteiger partial charge on any atom is 0.251 e. The molecule has 130 valence electrons. The lowest BCUT2D eigenvalue weighted by molar-refractivity contribution is 0.562. The molecule has 1 aromatic carbocycles. The van der Waals surface area contributed by atoms with Crippen LogP contribution in [0, 0.1) is 5.82 Å². The van der Waals surface area contributed by atoms with E-state index in [9.17, 15) is 4.39 Å². The van der Waals surface area contributed by atoms with Crippen LogP contribution in [0.15, 0.2) is 55.1 Å². The third-order valence-electron chi connectivity index (χ3n) is 4.24. The average molecular weight is 347 g/mol. The molecule has 26 heavy (non-hydrogen) atoms. The van der Waals surface area contributed by atoms with E-state index in [0.717, 1.165) is 22.5 Å². The molecule has 0 atom stereocenters. The number of nitrogens with zero attached hydrogens (tertiary/aromatic N) is 5. The van der Waals surface area contributed by atoms with Gasteiger partial charge in [0.25, 0.3) is 5.78 Å². The summed E-state index contributed by atoms with van der Waals surface area (Å²) in [5.41, 5.74) is 3.56. The molecule has 4 aromatic rings. The molecular formula is C20H18FN5. The number of benzene rings is 1. The van der Waals surface area contributed by atoms with Gasteiger partial charge in [-0.15, -0.1) is 0 Å². The van der Waals surface area contributed by atoms with Crippen molar-refractivity contribution in [2.24, 2.45) is 0 Å². The molecule has 0 N–H and O–H groups in total. The van der Waals surface area contributed by atoms with Crippen LogP contribution in [-0.2, 0) is 5.41 Å². The highest BCUT2D eigenvalue weighted by molar-refractivity contribution is 5.72. The molecule has 0 saturated heterocycles. The molecule has 0 amide bonds. The second-order valence-corrected chi connectivity index (χ2v) is 7.18. The molecule has 0 spiro atoms. The number of halogens is 1. The van der Waals surface area contributed by atoms with Crippen LogP contribution in [0.3, 0.4) is 0 Å². The monoisotopic (exact) mass is 347 g/mol. The zero-order chi connectivity index (χ0) is 18.3. The van der Waals surface area contributed by atoms with Crippen molar-refractivity contribution in [2.45, 2.75) is 26.2 Å². The molecule has 0 aliphatic rings. The minimum Gasteiger partial charge on any atom is -0.264 e. The van der Waals surface area contributed by atoms with Gasteiger partial charge in [0.2, 0.25) is 0 Å². The third-order valence-corrected chi connectivity index (χ3v) is 4.24. The predicted molar refractivity (Wildman–Crippen MR) is 98.1 cm³/mol. The van der Waals surface area contributed by atoms with E-state index in [2.05, 4.69) is 40.8 Å². The molecule has 0 bridgehead atoms. The second-order valence-electron chi connectivity index (χ2n) is 7.18. The van der Waals surface area contributed by atoms with Crippen molar-refractivity contribution in [2.75, 3.05) is 0 Å². The highest BCUT2D eigenvalue weighted by Gasteiger charge is 2.18. The van der Waals surface area contributed by atoms with Crippen molar-refractivity contribution in [1.82, 2.24) is 24.6 Å². The molecule has 6 heteroatoms. The van der Waals surface area contributed by atoms with E-state index in [1.54, 1.807) is 47.5 Å². The Kier molecular flexibility index (Phi) is 3.76. The zero-order valence-electron chi connectivity index (χ0n) is 14.8. The van der Waals surface area contributed by atoms with Crippen LogP contribution in [-0.4, -0.2) is 24.6 Å². The van der Waals surface area contributed by atoms with Gasteiger partial charge in [-0.05, 0) is 24.3 Å². The van der Waals surface area contributed by atoms with Crippen molar-refractivity contribution in [1.29, 1.82) is 0 Å². The first kappa shape index (κ1) is 16.3. The van der Waals surface area contributed by atoms with E-state index < -0.39 is 0 Å². The van der Waals surface area contributed by atoms with Crippen molar-refractivity contribution >= 4 is 5.78 Å². The molecule has 5 nitrogen and oxygen atoms in total. The maximum absolute atomic E-state index is 14.3. The molecule has 0 aliphatic carbocycles. The Morgan fingerprint density at radius 1 is 1.00 bits per heavy atom. The number of pyridine rings is 1. The summed E-state index contributed by atoms with van der Waals surface area (Å²) in [4.78, 5) is 13.0. The van der Waals surface area contributed by atoms with Gasteiger partial charge in [-0.2, -0.15) is 9.61 Å². The summed E-state index contributed by atoms with van der Waals surface area (Å²) >= 11 is 0. The lowest BCUT2D eigenvalue weighted by Gasteiger charge is -2.16. The molecule has 4 rings (SSSR count). The van der Waals surface area contributed by atoms with Crippen LogP contribution < -0.4 is 0 Å². The second kappa shape index (κ2) is 5.98. The molecule has 3 heterocycles.